The van der Waals surface area contributed by atoms with E-state index < -0.39 is 0 Å². The third-order valence-corrected chi connectivity index (χ3v) is 4.69. The summed E-state index contributed by atoms with van der Waals surface area (Å²) in [7, 11) is 1.87. The van der Waals surface area contributed by atoms with Gasteiger partial charge in [-0.1, -0.05) is 0 Å². The highest BCUT2D eigenvalue weighted by atomic mass is 16.5. The van der Waals surface area contributed by atoms with Gasteiger partial charge in [-0.25, -0.2) is 0 Å². The van der Waals surface area contributed by atoms with E-state index in [9.17, 15) is 0 Å². The molecule has 1 saturated heterocycles. The van der Waals surface area contributed by atoms with E-state index >= 15 is 0 Å². The Hall–Kier alpha value is -0.120. The number of nitrogens with zero attached hydrogens (tertiary/aromatic N) is 1. The second kappa shape index (κ2) is 4.28. The number of hydrogen-bond donors (Lipinski definition) is 1. The van der Waals surface area contributed by atoms with Gasteiger partial charge in [0, 0.05) is 38.8 Å². The Morgan fingerprint density at radius 1 is 1.31 bits per heavy atom. The SMILES string of the molecule is COC1(CNC2CCN(C3CC3)C2)CCC1. The van der Waals surface area contributed by atoms with Gasteiger partial charge in [-0.2, -0.15) is 0 Å². The maximum Gasteiger partial charge on any atom is 0.0802 e. The second-order valence-corrected chi connectivity index (χ2v) is 5.83. The second-order valence-electron chi connectivity index (χ2n) is 5.83. The lowest BCUT2D eigenvalue weighted by Gasteiger charge is -2.41. The van der Waals surface area contributed by atoms with Crippen LogP contribution in [0.4, 0.5) is 0 Å². The molecule has 3 heteroatoms. The number of nitrogens with one attached hydrogen (secondary N) is 1. The smallest absolute Gasteiger partial charge is 0.0802 e. The van der Waals surface area contributed by atoms with E-state index in [1.165, 1.54) is 51.6 Å². The minimum Gasteiger partial charge on any atom is -0.377 e. The first kappa shape index (κ1) is 11.0. The van der Waals surface area contributed by atoms with Crippen LogP contribution < -0.4 is 5.32 Å². The van der Waals surface area contributed by atoms with Gasteiger partial charge in [0.05, 0.1) is 5.60 Å². The fourth-order valence-electron chi connectivity index (χ4n) is 3.08. The normalized spacial score (nSPS) is 33.9. The molecule has 0 aromatic rings. The maximum atomic E-state index is 5.64. The van der Waals surface area contributed by atoms with Crippen molar-refractivity contribution in [3.63, 3.8) is 0 Å². The third-order valence-electron chi connectivity index (χ3n) is 4.69. The minimum absolute atomic E-state index is 0.188. The molecule has 1 atom stereocenters. The summed E-state index contributed by atoms with van der Waals surface area (Å²) in [5.74, 6) is 0. The van der Waals surface area contributed by atoms with Crippen molar-refractivity contribution in [1.29, 1.82) is 0 Å². The summed E-state index contributed by atoms with van der Waals surface area (Å²) in [5, 5.41) is 3.72. The topological polar surface area (TPSA) is 24.5 Å². The standard InChI is InChI=1S/C13H24N2O/c1-16-13(6-2-7-13)10-14-11-5-8-15(9-11)12-3-4-12/h11-12,14H,2-10H2,1H3. The van der Waals surface area contributed by atoms with Gasteiger partial charge in [-0.05, 0) is 38.5 Å². The molecule has 3 rings (SSSR count). The van der Waals surface area contributed by atoms with Crippen molar-refractivity contribution >= 4 is 0 Å². The molecule has 1 aliphatic heterocycles. The molecule has 1 N–H and O–H groups in total. The summed E-state index contributed by atoms with van der Waals surface area (Å²) >= 11 is 0. The molecular weight excluding hydrogens is 200 g/mol. The molecule has 0 amide bonds. The molecule has 92 valence electrons. The predicted molar refractivity (Wildman–Crippen MR) is 64.6 cm³/mol. The van der Waals surface area contributed by atoms with Gasteiger partial charge in [0.25, 0.3) is 0 Å². The quantitative estimate of drug-likeness (QED) is 0.763. The molecule has 0 aromatic carbocycles. The molecule has 3 aliphatic rings. The van der Waals surface area contributed by atoms with Crippen molar-refractivity contribution in [2.75, 3.05) is 26.7 Å². The van der Waals surface area contributed by atoms with Gasteiger partial charge < -0.3 is 10.1 Å². The highest BCUT2D eigenvalue weighted by molar-refractivity contribution is 4.95. The Bertz CT molecular complexity index is 243. The summed E-state index contributed by atoms with van der Waals surface area (Å²) in [4.78, 5) is 2.66. The van der Waals surface area contributed by atoms with Gasteiger partial charge >= 0.3 is 0 Å². The monoisotopic (exact) mass is 224 g/mol. The maximum absolute atomic E-state index is 5.64. The molecule has 0 aromatic heterocycles. The van der Waals surface area contributed by atoms with Crippen LogP contribution >= 0.6 is 0 Å². The Morgan fingerprint density at radius 3 is 2.69 bits per heavy atom. The number of methoxy groups -OCH3 is 1. The first-order chi connectivity index (χ1) is 7.81. The fourth-order valence-corrected chi connectivity index (χ4v) is 3.08. The van der Waals surface area contributed by atoms with Crippen LogP contribution in [0, 0.1) is 0 Å². The average molecular weight is 224 g/mol. The molecule has 0 bridgehead atoms. The third kappa shape index (κ3) is 2.13. The van der Waals surface area contributed by atoms with Crippen LogP contribution in [0.3, 0.4) is 0 Å². The molecule has 3 fully saturated rings. The van der Waals surface area contributed by atoms with Crippen molar-refractivity contribution < 1.29 is 4.74 Å². The summed E-state index contributed by atoms with van der Waals surface area (Å²) in [6.45, 7) is 3.64. The largest absolute Gasteiger partial charge is 0.377 e. The highest BCUT2D eigenvalue weighted by Crippen LogP contribution is 2.35. The average Bonchev–Trinajstić information content (AvgIpc) is 2.98. The zero-order valence-electron chi connectivity index (χ0n) is 10.4. The van der Waals surface area contributed by atoms with E-state index in [-0.39, 0.29) is 5.60 Å². The van der Waals surface area contributed by atoms with E-state index in [2.05, 4.69) is 10.2 Å². The number of hydrogen-bond acceptors (Lipinski definition) is 3. The molecule has 16 heavy (non-hydrogen) atoms. The Labute approximate surface area is 98.5 Å². The number of ether oxygens (including phenoxy) is 1. The Balaban J connectivity index is 1.42. The molecule has 0 spiro atoms. The minimum atomic E-state index is 0.188. The predicted octanol–water partition coefficient (Wildman–Crippen LogP) is 1.38. The van der Waals surface area contributed by atoms with E-state index in [1.807, 2.05) is 7.11 Å². The van der Waals surface area contributed by atoms with Crippen LogP contribution in [0.25, 0.3) is 0 Å². The first-order valence-corrected chi connectivity index (χ1v) is 6.84. The molecule has 2 saturated carbocycles. The molecular formula is C13H24N2O. The van der Waals surface area contributed by atoms with Crippen LogP contribution in [-0.2, 0) is 4.74 Å². The molecule has 1 heterocycles. The van der Waals surface area contributed by atoms with Crippen molar-refractivity contribution in [2.45, 2.75) is 56.2 Å². The van der Waals surface area contributed by atoms with E-state index in [1.54, 1.807) is 0 Å². The summed E-state index contributed by atoms with van der Waals surface area (Å²) in [6.07, 6.45) is 8.04. The van der Waals surface area contributed by atoms with E-state index in [0.29, 0.717) is 6.04 Å². The van der Waals surface area contributed by atoms with Crippen LogP contribution in [0.1, 0.15) is 38.5 Å². The molecule has 2 aliphatic carbocycles. The summed E-state index contributed by atoms with van der Waals surface area (Å²) in [6, 6.07) is 1.65. The van der Waals surface area contributed by atoms with Crippen LogP contribution in [-0.4, -0.2) is 49.3 Å². The van der Waals surface area contributed by atoms with Gasteiger partial charge in [0.15, 0.2) is 0 Å². The number of rotatable bonds is 5. The van der Waals surface area contributed by atoms with Crippen LogP contribution in [0.15, 0.2) is 0 Å². The number of likely N-dealkylation sites (tertiary alicyclic amines) is 1. The van der Waals surface area contributed by atoms with Gasteiger partial charge in [0.2, 0.25) is 0 Å². The summed E-state index contributed by atoms with van der Waals surface area (Å²) < 4.78 is 5.64. The van der Waals surface area contributed by atoms with Gasteiger partial charge in [0.1, 0.15) is 0 Å². The van der Waals surface area contributed by atoms with Gasteiger partial charge in [-0.3, -0.25) is 4.90 Å². The lowest BCUT2D eigenvalue weighted by molar-refractivity contribution is -0.0706. The first-order valence-electron chi connectivity index (χ1n) is 6.84. The fraction of sp³-hybridized carbons (Fsp3) is 1.00. The molecule has 1 unspecified atom stereocenters. The lowest BCUT2D eigenvalue weighted by atomic mass is 9.80. The van der Waals surface area contributed by atoms with Crippen molar-refractivity contribution in [1.82, 2.24) is 10.2 Å². The van der Waals surface area contributed by atoms with Gasteiger partial charge in [-0.15, -0.1) is 0 Å². The zero-order chi connectivity index (χ0) is 11.0. The zero-order valence-corrected chi connectivity index (χ0v) is 10.4. The van der Waals surface area contributed by atoms with E-state index in [4.69, 9.17) is 4.74 Å². The lowest BCUT2D eigenvalue weighted by Crippen LogP contribution is -2.50. The Kier molecular flexibility index (Phi) is 2.94. The molecule has 3 nitrogen and oxygen atoms in total. The van der Waals surface area contributed by atoms with Crippen LogP contribution in [0.2, 0.25) is 0 Å². The van der Waals surface area contributed by atoms with Crippen molar-refractivity contribution in [3.05, 3.63) is 0 Å². The van der Waals surface area contributed by atoms with E-state index in [0.717, 1.165) is 12.6 Å². The van der Waals surface area contributed by atoms with Crippen molar-refractivity contribution in [3.8, 4) is 0 Å². The summed E-state index contributed by atoms with van der Waals surface area (Å²) in [5.41, 5.74) is 0.188. The highest BCUT2D eigenvalue weighted by Gasteiger charge is 2.39. The van der Waals surface area contributed by atoms with Crippen LogP contribution in [0.5, 0.6) is 0 Å². The Morgan fingerprint density at radius 2 is 2.12 bits per heavy atom. The van der Waals surface area contributed by atoms with Crippen molar-refractivity contribution in [2.24, 2.45) is 0 Å². The molecule has 0 radical (unpaired) electrons.